The highest BCUT2D eigenvalue weighted by molar-refractivity contribution is 5.95. The van der Waals surface area contributed by atoms with Crippen molar-refractivity contribution in [3.63, 3.8) is 0 Å². The molecule has 82 valence electrons. The number of hydrogen-bond acceptors (Lipinski definition) is 4. The largest absolute Gasteiger partial charge is 0.426 e. The van der Waals surface area contributed by atoms with E-state index >= 15 is 0 Å². The van der Waals surface area contributed by atoms with Gasteiger partial charge in [0.05, 0.1) is 10.3 Å². The Kier molecular flexibility index (Phi) is 2.32. The van der Waals surface area contributed by atoms with Crippen LogP contribution in [-0.4, -0.2) is 16.4 Å². The smallest absolute Gasteiger partial charge is 0.298 e. The summed E-state index contributed by atoms with van der Waals surface area (Å²) in [4.78, 5) is 23.3. The summed E-state index contributed by atoms with van der Waals surface area (Å²) in [5, 5.41) is 11.3. The quantitative estimate of drug-likeness (QED) is 0.486. The van der Waals surface area contributed by atoms with Crippen LogP contribution in [0.1, 0.15) is 5.56 Å². The van der Waals surface area contributed by atoms with Gasteiger partial charge in [0.15, 0.2) is 5.75 Å². The number of rotatable bonds is 3. The summed E-state index contributed by atoms with van der Waals surface area (Å²) in [6, 6.07) is 3.03. The summed E-state index contributed by atoms with van der Waals surface area (Å²) in [6.45, 7) is 2.08. The van der Waals surface area contributed by atoms with Crippen LogP contribution in [-0.2, 0) is 4.79 Å². The van der Waals surface area contributed by atoms with Crippen LogP contribution in [0.3, 0.4) is 0 Å². The molecule has 0 fully saturated rings. The lowest BCUT2D eigenvalue weighted by Crippen LogP contribution is -1.91. The Morgan fingerprint density at radius 3 is 2.88 bits per heavy atom. The van der Waals surface area contributed by atoms with Gasteiger partial charge in [-0.25, -0.2) is 0 Å². The first-order valence-electron chi connectivity index (χ1n) is 4.50. The van der Waals surface area contributed by atoms with Crippen molar-refractivity contribution in [1.82, 2.24) is 4.98 Å². The highest BCUT2D eigenvalue weighted by Gasteiger charge is 2.17. The summed E-state index contributed by atoms with van der Waals surface area (Å²) in [5.74, 6) is 0.297. The van der Waals surface area contributed by atoms with Crippen LogP contribution in [0, 0.1) is 17.0 Å². The fourth-order valence-electron chi connectivity index (χ4n) is 1.67. The maximum Gasteiger partial charge on any atom is 0.298 e. The normalized spacial score (nSPS) is 10.3. The van der Waals surface area contributed by atoms with Gasteiger partial charge >= 0.3 is 0 Å². The molecule has 0 atom stereocenters. The van der Waals surface area contributed by atoms with Gasteiger partial charge in [-0.2, -0.15) is 0 Å². The van der Waals surface area contributed by atoms with Gasteiger partial charge in [-0.15, -0.1) is 0 Å². The molecular weight excluding hydrogens is 212 g/mol. The number of hydrogen-bond donors (Lipinski definition) is 1. The van der Waals surface area contributed by atoms with Gasteiger partial charge in [0.25, 0.3) is 12.2 Å². The Morgan fingerprint density at radius 2 is 2.25 bits per heavy atom. The Balaban J connectivity index is 2.77. The van der Waals surface area contributed by atoms with E-state index in [9.17, 15) is 14.9 Å². The number of aromatic amines is 1. The molecule has 0 radical (unpaired) electrons. The predicted octanol–water partition coefficient (Wildman–Crippen LogP) is 1.92. The van der Waals surface area contributed by atoms with Crippen molar-refractivity contribution in [3.8, 4) is 5.75 Å². The third kappa shape index (κ3) is 1.40. The average Bonchev–Trinajstić information content (AvgIpc) is 2.63. The third-order valence-corrected chi connectivity index (χ3v) is 2.36. The van der Waals surface area contributed by atoms with Gasteiger partial charge in [0, 0.05) is 12.3 Å². The number of non-ortho nitro benzene ring substituents is 1. The lowest BCUT2D eigenvalue weighted by Gasteiger charge is -1.99. The Labute approximate surface area is 90.0 Å². The molecule has 0 aliphatic heterocycles. The van der Waals surface area contributed by atoms with Crippen molar-refractivity contribution in [3.05, 3.63) is 34.0 Å². The van der Waals surface area contributed by atoms with Gasteiger partial charge in [-0.1, -0.05) is 6.07 Å². The van der Waals surface area contributed by atoms with E-state index in [1.54, 1.807) is 13.0 Å². The monoisotopic (exact) mass is 220 g/mol. The van der Waals surface area contributed by atoms with Gasteiger partial charge in [0.1, 0.15) is 5.52 Å². The number of ether oxygens (including phenoxy) is 1. The SMILES string of the molecule is Cc1ccc([N+](=O)[O-])c2[nH]cc(OC=O)c12. The molecule has 0 saturated heterocycles. The van der Waals surface area contributed by atoms with Crippen LogP contribution in [0.15, 0.2) is 18.3 Å². The fourth-order valence-corrected chi connectivity index (χ4v) is 1.67. The molecule has 1 aromatic heterocycles. The number of nitro groups is 1. The molecule has 1 aromatic carbocycles. The van der Waals surface area contributed by atoms with E-state index in [-0.39, 0.29) is 5.69 Å². The highest BCUT2D eigenvalue weighted by atomic mass is 16.6. The fraction of sp³-hybridized carbons (Fsp3) is 0.100. The van der Waals surface area contributed by atoms with E-state index < -0.39 is 4.92 Å². The van der Waals surface area contributed by atoms with Crippen molar-refractivity contribution in [1.29, 1.82) is 0 Å². The number of nitrogens with zero attached hydrogens (tertiary/aromatic N) is 1. The summed E-state index contributed by atoms with van der Waals surface area (Å²) >= 11 is 0. The topological polar surface area (TPSA) is 85.2 Å². The molecule has 1 N–H and O–H groups in total. The minimum Gasteiger partial charge on any atom is -0.426 e. The minimum absolute atomic E-state index is 0.0404. The van der Waals surface area contributed by atoms with E-state index in [2.05, 4.69) is 4.98 Å². The summed E-state index contributed by atoms with van der Waals surface area (Å²) in [6.07, 6.45) is 1.43. The summed E-state index contributed by atoms with van der Waals surface area (Å²) in [5.41, 5.74) is 1.13. The third-order valence-electron chi connectivity index (χ3n) is 2.36. The molecule has 16 heavy (non-hydrogen) atoms. The molecule has 0 saturated carbocycles. The van der Waals surface area contributed by atoms with E-state index in [1.165, 1.54) is 12.3 Å². The highest BCUT2D eigenvalue weighted by Crippen LogP contribution is 2.33. The van der Waals surface area contributed by atoms with Gasteiger partial charge in [0.2, 0.25) is 0 Å². The molecule has 2 rings (SSSR count). The standard InChI is InChI=1S/C10H8N2O4/c1-6-2-3-7(12(14)15)10-9(6)8(4-11-10)16-5-13/h2-5,11H,1H3. The van der Waals surface area contributed by atoms with Crippen molar-refractivity contribution >= 4 is 23.1 Å². The number of carbonyl (C=O) groups excluding carboxylic acids is 1. The molecular formula is C10H8N2O4. The second-order valence-electron chi connectivity index (χ2n) is 3.28. The second-order valence-corrected chi connectivity index (χ2v) is 3.28. The lowest BCUT2D eigenvalue weighted by molar-refractivity contribution is -0.383. The van der Waals surface area contributed by atoms with Gasteiger partial charge < -0.3 is 9.72 Å². The number of nitrogens with one attached hydrogen (secondary N) is 1. The Morgan fingerprint density at radius 1 is 1.50 bits per heavy atom. The number of aryl methyl sites for hydroxylation is 1. The molecule has 0 aliphatic carbocycles. The molecule has 6 heteroatoms. The number of aromatic nitrogens is 1. The number of carbonyl (C=O) groups is 1. The molecule has 0 spiro atoms. The van der Waals surface area contributed by atoms with Crippen LogP contribution in [0.4, 0.5) is 5.69 Å². The van der Waals surface area contributed by atoms with Crippen LogP contribution < -0.4 is 4.74 Å². The summed E-state index contributed by atoms with van der Waals surface area (Å²) < 4.78 is 4.74. The van der Waals surface area contributed by atoms with Crippen molar-refractivity contribution in [2.45, 2.75) is 6.92 Å². The Hall–Kier alpha value is -2.37. The molecule has 0 aliphatic rings. The van der Waals surface area contributed by atoms with Crippen LogP contribution in [0.25, 0.3) is 10.9 Å². The van der Waals surface area contributed by atoms with Crippen LogP contribution in [0.2, 0.25) is 0 Å². The molecule has 2 aromatic rings. The number of benzene rings is 1. The van der Waals surface area contributed by atoms with Crippen molar-refractivity contribution in [2.24, 2.45) is 0 Å². The number of fused-ring (bicyclic) bond motifs is 1. The van der Waals surface area contributed by atoms with Crippen molar-refractivity contribution < 1.29 is 14.5 Å². The predicted molar refractivity (Wildman–Crippen MR) is 56.4 cm³/mol. The maximum atomic E-state index is 10.8. The molecule has 6 nitrogen and oxygen atoms in total. The van der Waals surface area contributed by atoms with Crippen LogP contribution >= 0.6 is 0 Å². The van der Waals surface area contributed by atoms with Crippen molar-refractivity contribution in [2.75, 3.05) is 0 Å². The first-order chi connectivity index (χ1) is 7.65. The van der Waals surface area contributed by atoms with Gasteiger partial charge in [-0.05, 0) is 12.5 Å². The maximum absolute atomic E-state index is 10.8. The number of nitro benzene ring substituents is 1. The molecule has 0 unspecified atom stereocenters. The zero-order valence-corrected chi connectivity index (χ0v) is 8.39. The lowest BCUT2D eigenvalue weighted by atomic mass is 10.1. The van der Waals surface area contributed by atoms with E-state index in [4.69, 9.17) is 4.74 Å². The zero-order chi connectivity index (χ0) is 11.7. The summed E-state index contributed by atoms with van der Waals surface area (Å²) in [7, 11) is 0. The zero-order valence-electron chi connectivity index (χ0n) is 8.39. The first kappa shape index (κ1) is 10.2. The van der Waals surface area contributed by atoms with E-state index in [0.29, 0.717) is 23.1 Å². The van der Waals surface area contributed by atoms with Crippen LogP contribution in [0.5, 0.6) is 5.75 Å². The van der Waals surface area contributed by atoms with E-state index in [0.717, 1.165) is 5.56 Å². The molecule has 0 amide bonds. The Bertz CT molecular complexity index is 573. The first-order valence-corrected chi connectivity index (χ1v) is 4.50. The van der Waals surface area contributed by atoms with E-state index in [1.807, 2.05) is 0 Å². The molecule has 0 bridgehead atoms. The molecule has 1 heterocycles. The van der Waals surface area contributed by atoms with Gasteiger partial charge in [-0.3, -0.25) is 14.9 Å². The number of H-pyrrole nitrogens is 1. The minimum atomic E-state index is -0.483. The second kappa shape index (κ2) is 3.65. The average molecular weight is 220 g/mol.